The molecule has 0 unspecified atom stereocenters. The van der Waals surface area contributed by atoms with Gasteiger partial charge in [0.25, 0.3) is 0 Å². The van der Waals surface area contributed by atoms with Gasteiger partial charge in [0.2, 0.25) is 0 Å². The van der Waals surface area contributed by atoms with E-state index in [1.54, 1.807) is 0 Å². The fraction of sp³-hybridized carbons (Fsp3) is 0.944. The Morgan fingerprint density at radius 2 is 1.55 bits per heavy atom. The van der Waals surface area contributed by atoms with Gasteiger partial charge in [0, 0.05) is 6.42 Å². The highest BCUT2D eigenvalue weighted by Crippen LogP contribution is 2.18. The van der Waals surface area contributed by atoms with Crippen LogP contribution in [0, 0.1) is 0 Å². The van der Waals surface area contributed by atoms with Gasteiger partial charge in [-0.15, -0.1) is 0 Å². The van der Waals surface area contributed by atoms with Crippen molar-refractivity contribution in [1.29, 1.82) is 0 Å². The topological polar surface area (TPSA) is 26.3 Å². The standard InChI is InChI=1S/C18H34O2/c1-2-3-4-11-14-17-15-12-9-7-5-6-8-10-13-16-18(19)20-17/h17H,2-16H2,1H3/t17-/m1/s1. The van der Waals surface area contributed by atoms with Crippen molar-refractivity contribution in [2.45, 2.75) is 109 Å². The Morgan fingerprint density at radius 3 is 2.25 bits per heavy atom. The summed E-state index contributed by atoms with van der Waals surface area (Å²) in [5, 5.41) is 0. The number of esters is 1. The molecule has 1 saturated heterocycles. The third-order valence-electron chi connectivity index (χ3n) is 4.33. The summed E-state index contributed by atoms with van der Waals surface area (Å²) in [6.07, 6.45) is 18.2. The molecule has 2 heteroatoms. The SMILES string of the molecule is CCCCCC[C@@H]1CCCCCCCCCCC(=O)O1. The molecule has 20 heavy (non-hydrogen) atoms. The summed E-state index contributed by atoms with van der Waals surface area (Å²) in [4.78, 5) is 11.9. The number of ether oxygens (including phenoxy) is 1. The number of unbranched alkanes of at least 4 members (excludes halogenated alkanes) is 3. The molecule has 1 aliphatic rings. The molecule has 1 fully saturated rings. The van der Waals surface area contributed by atoms with Gasteiger partial charge in [-0.2, -0.15) is 0 Å². The zero-order valence-electron chi connectivity index (χ0n) is 13.5. The van der Waals surface area contributed by atoms with Crippen LogP contribution in [-0.2, 0) is 9.53 Å². The molecule has 0 amide bonds. The molecule has 0 aromatic rings. The van der Waals surface area contributed by atoms with Gasteiger partial charge in [-0.3, -0.25) is 4.79 Å². The van der Waals surface area contributed by atoms with Crippen LogP contribution in [0.4, 0.5) is 0 Å². The summed E-state index contributed by atoms with van der Waals surface area (Å²) in [5.74, 6) is 0.0461. The summed E-state index contributed by atoms with van der Waals surface area (Å²) in [6.45, 7) is 2.24. The van der Waals surface area contributed by atoms with Crippen LogP contribution in [-0.4, -0.2) is 12.1 Å². The summed E-state index contributed by atoms with van der Waals surface area (Å²) in [7, 11) is 0. The molecular weight excluding hydrogens is 248 g/mol. The smallest absolute Gasteiger partial charge is 0.306 e. The van der Waals surface area contributed by atoms with Crippen molar-refractivity contribution in [2.75, 3.05) is 0 Å². The minimum Gasteiger partial charge on any atom is -0.462 e. The van der Waals surface area contributed by atoms with Gasteiger partial charge in [-0.1, -0.05) is 64.7 Å². The summed E-state index contributed by atoms with van der Waals surface area (Å²) < 4.78 is 5.71. The molecule has 0 aromatic heterocycles. The van der Waals surface area contributed by atoms with Crippen molar-refractivity contribution in [3.63, 3.8) is 0 Å². The highest BCUT2D eigenvalue weighted by molar-refractivity contribution is 5.69. The number of carbonyl (C=O) groups excluding carboxylic acids is 1. The first kappa shape index (κ1) is 17.5. The van der Waals surface area contributed by atoms with E-state index in [0.29, 0.717) is 6.42 Å². The van der Waals surface area contributed by atoms with Crippen molar-refractivity contribution >= 4 is 5.97 Å². The first-order chi connectivity index (χ1) is 9.83. The van der Waals surface area contributed by atoms with Crippen LogP contribution >= 0.6 is 0 Å². The van der Waals surface area contributed by atoms with E-state index in [0.717, 1.165) is 19.3 Å². The highest BCUT2D eigenvalue weighted by Gasteiger charge is 2.14. The van der Waals surface area contributed by atoms with Crippen LogP contribution in [0.1, 0.15) is 103 Å². The molecular formula is C18H34O2. The lowest BCUT2D eigenvalue weighted by Gasteiger charge is -2.18. The van der Waals surface area contributed by atoms with Crippen molar-refractivity contribution < 1.29 is 9.53 Å². The second kappa shape index (κ2) is 12.2. The lowest BCUT2D eigenvalue weighted by atomic mass is 10.0. The molecule has 0 spiro atoms. The first-order valence-electron chi connectivity index (χ1n) is 9.02. The van der Waals surface area contributed by atoms with Crippen LogP contribution in [0.25, 0.3) is 0 Å². The van der Waals surface area contributed by atoms with Crippen LogP contribution in [0.5, 0.6) is 0 Å². The fourth-order valence-corrected chi connectivity index (χ4v) is 3.01. The van der Waals surface area contributed by atoms with E-state index in [1.807, 2.05) is 0 Å². The van der Waals surface area contributed by atoms with Crippen LogP contribution in [0.15, 0.2) is 0 Å². The molecule has 0 saturated carbocycles. The number of rotatable bonds is 5. The zero-order chi connectivity index (χ0) is 14.5. The first-order valence-corrected chi connectivity index (χ1v) is 9.02. The van der Waals surface area contributed by atoms with E-state index in [-0.39, 0.29) is 12.1 Å². The Hall–Kier alpha value is -0.530. The van der Waals surface area contributed by atoms with Gasteiger partial charge < -0.3 is 4.74 Å². The average molecular weight is 282 g/mol. The largest absolute Gasteiger partial charge is 0.462 e. The summed E-state index contributed by atoms with van der Waals surface area (Å²) >= 11 is 0. The average Bonchev–Trinajstić information content (AvgIpc) is 2.46. The van der Waals surface area contributed by atoms with E-state index in [2.05, 4.69) is 6.92 Å². The van der Waals surface area contributed by atoms with Crippen LogP contribution in [0.3, 0.4) is 0 Å². The van der Waals surface area contributed by atoms with Gasteiger partial charge in [0.15, 0.2) is 0 Å². The van der Waals surface area contributed by atoms with Crippen molar-refractivity contribution in [3.8, 4) is 0 Å². The molecule has 2 nitrogen and oxygen atoms in total. The Morgan fingerprint density at radius 1 is 0.900 bits per heavy atom. The maximum atomic E-state index is 11.9. The van der Waals surface area contributed by atoms with E-state index < -0.39 is 0 Å². The lowest BCUT2D eigenvalue weighted by molar-refractivity contribution is -0.150. The van der Waals surface area contributed by atoms with Gasteiger partial charge in [0.05, 0.1) is 0 Å². The predicted octanol–water partition coefficient (Wildman–Crippen LogP) is 5.78. The Labute approximate surface area is 125 Å². The molecule has 0 aliphatic carbocycles. The Kier molecular flexibility index (Phi) is 10.7. The second-order valence-electron chi connectivity index (χ2n) is 6.33. The van der Waals surface area contributed by atoms with Gasteiger partial charge >= 0.3 is 5.97 Å². The summed E-state index contributed by atoms with van der Waals surface area (Å²) in [5.41, 5.74) is 0. The molecule has 0 bridgehead atoms. The van der Waals surface area contributed by atoms with Gasteiger partial charge in [-0.25, -0.2) is 0 Å². The molecule has 0 N–H and O–H groups in total. The third-order valence-corrected chi connectivity index (χ3v) is 4.33. The van der Waals surface area contributed by atoms with E-state index in [9.17, 15) is 4.79 Å². The van der Waals surface area contributed by atoms with E-state index >= 15 is 0 Å². The zero-order valence-corrected chi connectivity index (χ0v) is 13.5. The molecule has 1 atom stereocenters. The van der Waals surface area contributed by atoms with Crippen molar-refractivity contribution in [2.24, 2.45) is 0 Å². The summed E-state index contributed by atoms with van der Waals surface area (Å²) in [6, 6.07) is 0. The molecule has 0 aromatic carbocycles. The predicted molar refractivity (Wildman–Crippen MR) is 84.8 cm³/mol. The quantitative estimate of drug-likeness (QED) is 0.471. The number of hydrogen-bond donors (Lipinski definition) is 0. The maximum Gasteiger partial charge on any atom is 0.306 e. The third kappa shape index (κ3) is 9.39. The fourth-order valence-electron chi connectivity index (χ4n) is 3.01. The minimum absolute atomic E-state index is 0.0461. The van der Waals surface area contributed by atoms with Gasteiger partial charge in [-0.05, 0) is 32.1 Å². The molecule has 1 heterocycles. The monoisotopic (exact) mass is 282 g/mol. The van der Waals surface area contributed by atoms with Crippen LogP contribution < -0.4 is 0 Å². The molecule has 1 rings (SSSR count). The second-order valence-corrected chi connectivity index (χ2v) is 6.33. The molecule has 118 valence electrons. The van der Waals surface area contributed by atoms with Crippen molar-refractivity contribution in [3.05, 3.63) is 0 Å². The normalized spacial score (nSPS) is 23.2. The Balaban J connectivity index is 2.31. The lowest BCUT2D eigenvalue weighted by Crippen LogP contribution is -2.18. The highest BCUT2D eigenvalue weighted by atomic mass is 16.5. The maximum absolute atomic E-state index is 11.9. The Bertz CT molecular complexity index is 238. The van der Waals surface area contributed by atoms with E-state index in [4.69, 9.17) is 4.74 Å². The molecule has 0 radical (unpaired) electrons. The van der Waals surface area contributed by atoms with E-state index in [1.165, 1.54) is 70.6 Å². The van der Waals surface area contributed by atoms with Crippen molar-refractivity contribution in [1.82, 2.24) is 0 Å². The molecule has 1 aliphatic heterocycles. The minimum atomic E-state index is 0.0461. The number of hydrogen-bond acceptors (Lipinski definition) is 2. The van der Waals surface area contributed by atoms with Gasteiger partial charge in [0.1, 0.15) is 6.10 Å². The van der Waals surface area contributed by atoms with Crippen LogP contribution in [0.2, 0.25) is 0 Å². The number of carbonyl (C=O) groups is 1. The number of cyclic esters (lactones) is 1.